The molecule has 3 aromatic rings. The lowest BCUT2D eigenvalue weighted by Crippen LogP contribution is -2.41. The Morgan fingerprint density at radius 2 is 1.70 bits per heavy atom. The Kier molecular flexibility index (Phi) is 9.61. The third-order valence-electron chi connectivity index (χ3n) is 6.24. The minimum Gasteiger partial charge on any atom is -0.598 e. The number of pyridine rings is 1. The van der Waals surface area contributed by atoms with E-state index in [1.807, 2.05) is 6.92 Å². The van der Waals surface area contributed by atoms with E-state index in [4.69, 9.17) is 0 Å². The first kappa shape index (κ1) is 31.5. The molecule has 2 aromatic carbocycles. The molecule has 0 bridgehead atoms. The van der Waals surface area contributed by atoms with Crippen molar-refractivity contribution in [3.8, 4) is 11.1 Å². The summed E-state index contributed by atoms with van der Waals surface area (Å²) in [7, 11) is -2.38. The molecular formula is C28H33F2N3O5S2. The van der Waals surface area contributed by atoms with Gasteiger partial charge in [0.2, 0.25) is 10.0 Å². The number of anilines is 1. The molecule has 216 valence electrons. The Balaban J connectivity index is 2.35. The number of benzene rings is 2. The van der Waals surface area contributed by atoms with Crippen molar-refractivity contribution in [2.24, 2.45) is 7.05 Å². The summed E-state index contributed by atoms with van der Waals surface area (Å²) in [6, 6.07) is 7.59. The first-order valence-corrected chi connectivity index (χ1v) is 15.4. The van der Waals surface area contributed by atoms with Gasteiger partial charge >= 0.3 is 0 Å². The van der Waals surface area contributed by atoms with Crippen LogP contribution in [0, 0.1) is 11.6 Å². The molecule has 1 heterocycles. The number of sulfonamides is 1. The van der Waals surface area contributed by atoms with Crippen molar-refractivity contribution in [2.45, 2.75) is 51.8 Å². The molecule has 0 saturated heterocycles. The summed E-state index contributed by atoms with van der Waals surface area (Å²) >= 11 is -1.53. The predicted octanol–water partition coefficient (Wildman–Crippen LogP) is 4.83. The highest BCUT2D eigenvalue weighted by Gasteiger charge is 2.31. The van der Waals surface area contributed by atoms with Gasteiger partial charge in [-0.25, -0.2) is 17.2 Å². The van der Waals surface area contributed by atoms with E-state index in [-0.39, 0.29) is 33.7 Å². The highest BCUT2D eigenvalue weighted by atomic mass is 32.2. The lowest BCUT2D eigenvalue weighted by molar-refractivity contribution is 0.103. The fraction of sp³-hybridized carbons (Fsp3) is 0.357. The standard InChI is InChI=1S/C28H33F2N3O5S2/c1-7-24(31-39(36)28(3,4)5)20-15-26(34)33(6)16-22(20)19-14-25(32-40(37,38)8-2)23(30)13-21(19)27(35)17-9-11-18(29)12-10-17/h9-16,24,31-32H,7-8H2,1-6H3/t24-,39?/m0/s1. The van der Waals surface area contributed by atoms with Gasteiger partial charge in [-0.15, -0.1) is 4.72 Å². The maximum atomic E-state index is 15.3. The predicted molar refractivity (Wildman–Crippen MR) is 154 cm³/mol. The van der Waals surface area contributed by atoms with Crippen LogP contribution in [0.5, 0.6) is 0 Å². The van der Waals surface area contributed by atoms with Crippen LogP contribution in [0.2, 0.25) is 0 Å². The molecule has 1 aromatic heterocycles. The van der Waals surface area contributed by atoms with Crippen LogP contribution in [0.4, 0.5) is 14.5 Å². The van der Waals surface area contributed by atoms with Gasteiger partial charge in [0.15, 0.2) is 5.78 Å². The monoisotopic (exact) mass is 593 g/mol. The van der Waals surface area contributed by atoms with Crippen molar-refractivity contribution in [3.63, 3.8) is 0 Å². The number of rotatable bonds is 10. The fourth-order valence-electron chi connectivity index (χ4n) is 3.89. The Bertz CT molecular complexity index is 1570. The maximum Gasteiger partial charge on any atom is 0.250 e. The maximum absolute atomic E-state index is 15.3. The summed E-state index contributed by atoms with van der Waals surface area (Å²) in [4.78, 5) is 26.4. The van der Waals surface area contributed by atoms with E-state index in [9.17, 15) is 27.0 Å². The number of ketones is 1. The zero-order valence-corrected chi connectivity index (χ0v) is 24.8. The number of nitrogens with one attached hydrogen (secondary N) is 2. The zero-order chi connectivity index (χ0) is 30.0. The minimum atomic E-state index is -3.89. The van der Waals surface area contributed by atoms with E-state index in [0.29, 0.717) is 17.5 Å². The summed E-state index contributed by atoms with van der Waals surface area (Å²) in [5.74, 6) is -2.50. The van der Waals surface area contributed by atoms with Gasteiger partial charge in [0.25, 0.3) is 5.56 Å². The first-order chi connectivity index (χ1) is 18.6. The quantitative estimate of drug-likeness (QED) is 0.257. The zero-order valence-electron chi connectivity index (χ0n) is 23.2. The van der Waals surface area contributed by atoms with Gasteiger partial charge in [-0.3, -0.25) is 14.3 Å². The number of aryl methyl sites for hydroxylation is 1. The molecule has 2 atom stereocenters. The summed E-state index contributed by atoms with van der Waals surface area (Å²) in [5, 5.41) is 0. The Morgan fingerprint density at radius 3 is 2.25 bits per heavy atom. The van der Waals surface area contributed by atoms with E-state index in [2.05, 4.69) is 9.44 Å². The van der Waals surface area contributed by atoms with Crippen LogP contribution in [-0.4, -0.2) is 33.8 Å². The van der Waals surface area contributed by atoms with Gasteiger partial charge in [-0.2, -0.15) is 0 Å². The largest absolute Gasteiger partial charge is 0.598 e. The average molecular weight is 594 g/mol. The number of halogens is 2. The van der Waals surface area contributed by atoms with E-state index in [1.54, 1.807) is 20.8 Å². The van der Waals surface area contributed by atoms with Crippen LogP contribution >= 0.6 is 0 Å². The molecular weight excluding hydrogens is 560 g/mol. The fourth-order valence-corrected chi connectivity index (χ4v) is 5.43. The van der Waals surface area contributed by atoms with Crippen LogP contribution in [0.3, 0.4) is 0 Å². The first-order valence-electron chi connectivity index (χ1n) is 12.6. The van der Waals surface area contributed by atoms with Gasteiger partial charge in [0.1, 0.15) is 16.4 Å². The molecule has 1 unspecified atom stereocenters. The van der Waals surface area contributed by atoms with Crippen molar-refractivity contribution < 1.29 is 26.5 Å². The van der Waals surface area contributed by atoms with Crippen molar-refractivity contribution in [3.05, 3.63) is 87.3 Å². The van der Waals surface area contributed by atoms with Crippen molar-refractivity contribution in [1.82, 2.24) is 9.29 Å². The second-order valence-electron chi connectivity index (χ2n) is 10.3. The molecule has 0 aliphatic rings. The number of carbonyl (C=O) groups excluding carboxylic acids is 1. The molecule has 12 heteroatoms. The Morgan fingerprint density at radius 1 is 1.07 bits per heavy atom. The molecule has 0 radical (unpaired) electrons. The molecule has 40 heavy (non-hydrogen) atoms. The summed E-state index contributed by atoms with van der Waals surface area (Å²) in [5.41, 5.74) is 0.0519. The van der Waals surface area contributed by atoms with Crippen molar-refractivity contribution in [1.29, 1.82) is 0 Å². The molecule has 0 aliphatic heterocycles. The molecule has 3 rings (SSSR count). The van der Waals surface area contributed by atoms with Gasteiger partial charge in [0, 0.05) is 47.4 Å². The normalized spacial score (nSPS) is 13.6. The van der Waals surface area contributed by atoms with E-state index in [0.717, 1.165) is 18.2 Å². The third kappa shape index (κ3) is 7.17. The number of carbonyl (C=O) groups is 1. The van der Waals surface area contributed by atoms with Crippen molar-refractivity contribution >= 4 is 32.9 Å². The van der Waals surface area contributed by atoms with Crippen molar-refractivity contribution in [2.75, 3.05) is 10.5 Å². The van der Waals surface area contributed by atoms with Crippen LogP contribution in [0.15, 0.2) is 53.5 Å². The summed E-state index contributed by atoms with van der Waals surface area (Å²) < 4.78 is 72.3. The van der Waals surface area contributed by atoms with Gasteiger partial charge in [-0.1, -0.05) is 6.92 Å². The second-order valence-corrected chi connectivity index (χ2v) is 14.3. The molecule has 2 N–H and O–H groups in total. The number of hydrogen-bond donors (Lipinski definition) is 2. The minimum absolute atomic E-state index is 0.0781. The summed E-state index contributed by atoms with van der Waals surface area (Å²) in [6.07, 6.45) is 1.87. The molecule has 8 nitrogen and oxygen atoms in total. The SMILES string of the molecule is CC[C@H](N[S+]([O-])C(C)(C)C)c1cc(=O)n(C)cc1-c1cc(NS(=O)(=O)CC)c(F)cc1C(=O)c1ccc(F)cc1. The molecule has 0 aliphatic carbocycles. The summed E-state index contributed by atoms with van der Waals surface area (Å²) in [6.45, 7) is 8.60. The van der Waals surface area contributed by atoms with Gasteiger partial charge in [-0.05, 0) is 81.6 Å². The van der Waals surface area contributed by atoms with E-state index >= 15 is 4.39 Å². The lowest BCUT2D eigenvalue weighted by Gasteiger charge is -2.29. The molecule has 0 fully saturated rings. The van der Waals surface area contributed by atoms with Crippen LogP contribution < -0.4 is 15.0 Å². The number of nitrogens with zero attached hydrogens (tertiary/aromatic N) is 1. The number of hydrogen-bond acceptors (Lipinski definition) is 6. The van der Waals surface area contributed by atoms with Gasteiger partial charge in [0.05, 0.1) is 17.5 Å². The van der Waals surface area contributed by atoms with Crippen LogP contribution in [0.25, 0.3) is 11.1 Å². The highest BCUT2D eigenvalue weighted by molar-refractivity contribution is 7.92. The van der Waals surface area contributed by atoms with Crippen LogP contribution in [0.1, 0.15) is 68.6 Å². The average Bonchev–Trinajstić information content (AvgIpc) is 2.89. The lowest BCUT2D eigenvalue weighted by atomic mass is 9.89. The third-order valence-corrected chi connectivity index (χ3v) is 9.15. The molecule has 0 spiro atoms. The van der Waals surface area contributed by atoms with E-state index in [1.165, 1.54) is 49.0 Å². The van der Waals surface area contributed by atoms with E-state index < -0.39 is 49.6 Å². The smallest absolute Gasteiger partial charge is 0.250 e. The topological polar surface area (TPSA) is 120 Å². The van der Waals surface area contributed by atoms with Gasteiger partial charge < -0.3 is 9.12 Å². The highest BCUT2D eigenvalue weighted by Crippen LogP contribution is 2.36. The Hall–Kier alpha value is -3.06. The second kappa shape index (κ2) is 12.2. The van der Waals surface area contributed by atoms with Crippen LogP contribution in [-0.2, 0) is 28.4 Å². The molecule has 0 amide bonds. The Labute approximate surface area is 236 Å². The molecule has 0 saturated carbocycles. The number of aromatic nitrogens is 1.